The molecule has 3 N–H and O–H groups in total. The van der Waals surface area contributed by atoms with Crippen molar-refractivity contribution in [1.29, 1.82) is 0 Å². The molecule has 0 bridgehead atoms. The largest absolute Gasteiger partial charge is 0.478 e. The van der Waals surface area contributed by atoms with Crippen LogP contribution in [0.1, 0.15) is 23.2 Å². The Morgan fingerprint density at radius 3 is 1.81 bits per heavy atom. The second-order valence-corrected chi connectivity index (χ2v) is 3.99. The van der Waals surface area contributed by atoms with E-state index in [0.29, 0.717) is 5.56 Å². The lowest BCUT2D eigenvalue weighted by Gasteiger charge is -2.02. The summed E-state index contributed by atoms with van der Waals surface area (Å²) < 4.78 is 0. The number of hydrogen-bond donors (Lipinski definition) is 3. The topological polar surface area (TPSA) is 77.8 Å². The normalized spacial score (nSPS) is 15.9. The van der Waals surface area contributed by atoms with E-state index in [1.807, 2.05) is 0 Å². The van der Waals surface area contributed by atoms with Gasteiger partial charge in [-0.25, -0.2) is 4.79 Å². The average molecular weight is 224 g/mol. The van der Waals surface area contributed by atoms with E-state index in [4.69, 9.17) is 15.3 Å². The molecule has 2 rings (SSSR count). The Morgan fingerprint density at radius 2 is 1.62 bits per heavy atom. The van der Waals surface area contributed by atoms with Gasteiger partial charge in [0.1, 0.15) is 0 Å². The van der Waals surface area contributed by atoms with E-state index in [1.54, 1.807) is 30.3 Å². The molecular formula is C12H16O4. The third-order valence-electron chi connectivity index (χ3n) is 2.65. The average Bonchev–Trinajstić information content (AvgIpc) is 3.11. The predicted molar refractivity (Wildman–Crippen MR) is 59.2 cm³/mol. The van der Waals surface area contributed by atoms with Gasteiger partial charge in [0.2, 0.25) is 0 Å². The molecule has 0 atom stereocenters. The predicted octanol–water partition coefficient (Wildman–Crippen LogP) is 1.14. The molecule has 1 aliphatic rings. The number of carboxylic acid groups (broad SMARTS) is 1. The highest BCUT2D eigenvalue weighted by Gasteiger charge is 2.41. The lowest BCUT2D eigenvalue weighted by atomic mass is 10.1. The van der Waals surface area contributed by atoms with Crippen molar-refractivity contribution in [3.8, 4) is 0 Å². The molecule has 0 saturated heterocycles. The Bertz CT molecular complexity index is 324. The maximum Gasteiger partial charge on any atom is 0.335 e. The Morgan fingerprint density at radius 1 is 1.12 bits per heavy atom. The molecule has 16 heavy (non-hydrogen) atoms. The molecule has 0 aromatic heterocycles. The first-order valence-corrected chi connectivity index (χ1v) is 5.14. The molecule has 4 nitrogen and oxygen atoms in total. The van der Waals surface area contributed by atoms with E-state index in [0.717, 1.165) is 12.8 Å². The molecule has 0 heterocycles. The number of aliphatic hydroxyl groups is 2. The molecule has 0 radical (unpaired) electrons. The number of hydrogen-bond acceptors (Lipinski definition) is 3. The fraction of sp³-hybridized carbons (Fsp3) is 0.417. The van der Waals surface area contributed by atoms with Gasteiger partial charge in [0.05, 0.1) is 18.8 Å². The highest BCUT2D eigenvalue weighted by molar-refractivity contribution is 5.87. The van der Waals surface area contributed by atoms with Crippen molar-refractivity contribution < 1.29 is 20.1 Å². The molecule has 88 valence electrons. The van der Waals surface area contributed by atoms with Crippen LogP contribution >= 0.6 is 0 Å². The molecule has 1 aliphatic carbocycles. The Balaban J connectivity index is 0.000000165. The van der Waals surface area contributed by atoms with E-state index in [9.17, 15) is 4.79 Å². The van der Waals surface area contributed by atoms with E-state index in [-0.39, 0.29) is 18.6 Å². The summed E-state index contributed by atoms with van der Waals surface area (Å²) in [5.74, 6) is -0.879. The first kappa shape index (κ1) is 12.7. The van der Waals surface area contributed by atoms with Gasteiger partial charge in [-0.3, -0.25) is 0 Å². The quantitative estimate of drug-likeness (QED) is 0.719. The van der Waals surface area contributed by atoms with Crippen molar-refractivity contribution >= 4 is 5.97 Å². The van der Waals surface area contributed by atoms with Crippen LogP contribution in [-0.2, 0) is 0 Å². The van der Waals surface area contributed by atoms with Gasteiger partial charge in [-0.05, 0) is 25.0 Å². The lowest BCUT2D eigenvalue weighted by Crippen LogP contribution is -2.10. The SMILES string of the molecule is O=C(O)c1ccccc1.OCC1(CO)CC1. The number of rotatable bonds is 3. The molecule has 0 amide bonds. The molecule has 0 aliphatic heterocycles. The highest BCUT2D eigenvalue weighted by atomic mass is 16.4. The Kier molecular flexibility index (Phi) is 4.46. The molecule has 1 fully saturated rings. The van der Waals surface area contributed by atoms with Crippen LogP contribution < -0.4 is 0 Å². The zero-order valence-corrected chi connectivity index (χ0v) is 8.97. The van der Waals surface area contributed by atoms with Crippen molar-refractivity contribution in [2.24, 2.45) is 5.41 Å². The first-order valence-electron chi connectivity index (χ1n) is 5.14. The van der Waals surface area contributed by atoms with Crippen molar-refractivity contribution in [2.75, 3.05) is 13.2 Å². The van der Waals surface area contributed by atoms with Crippen LogP contribution in [0.15, 0.2) is 30.3 Å². The van der Waals surface area contributed by atoms with Crippen molar-refractivity contribution in [1.82, 2.24) is 0 Å². The number of benzene rings is 1. The van der Waals surface area contributed by atoms with Gasteiger partial charge in [-0.2, -0.15) is 0 Å². The van der Waals surface area contributed by atoms with Gasteiger partial charge in [0, 0.05) is 5.41 Å². The van der Waals surface area contributed by atoms with E-state index < -0.39 is 5.97 Å². The zero-order chi connectivity index (χ0) is 12.0. The zero-order valence-electron chi connectivity index (χ0n) is 8.97. The van der Waals surface area contributed by atoms with Gasteiger partial charge < -0.3 is 15.3 Å². The van der Waals surface area contributed by atoms with Crippen molar-refractivity contribution in [3.63, 3.8) is 0 Å². The van der Waals surface area contributed by atoms with Gasteiger partial charge in [-0.15, -0.1) is 0 Å². The van der Waals surface area contributed by atoms with Crippen LogP contribution in [0.5, 0.6) is 0 Å². The summed E-state index contributed by atoms with van der Waals surface area (Å²) in [7, 11) is 0. The van der Waals surface area contributed by atoms with E-state index >= 15 is 0 Å². The summed E-state index contributed by atoms with van der Waals surface area (Å²) >= 11 is 0. The number of aromatic carboxylic acids is 1. The molecule has 0 spiro atoms. The second-order valence-electron chi connectivity index (χ2n) is 3.99. The summed E-state index contributed by atoms with van der Waals surface area (Å²) in [6, 6.07) is 8.30. The smallest absolute Gasteiger partial charge is 0.335 e. The molecule has 0 unspecified atom stereocenters. The van der Waals surface area contributed by atoms with Gasteiger partial charge in [0.25, 0.3) is 0 Å². The molecule has 1 aromatic rings. The first-order chi connectivity index (χ1) is 7.63. The van der Waals surface area contributed by atoms with Crippen LogP contribution in [0.4, 0.5) is 0 Å². The summed E-state index contributed by atoms with van der Waals surface area (Å²) in [5, 5.41) is 25.4. The number of carboxylic acids is 1. The minimum absolute atomic E-state index is 0.0556. The van der Waals surface area contributed by atoms with E-state index in [2.05, 4.69) is 0 Å². The summed E-state index contributed by atoms with van der Waals surface area (Å²) in [6.07, 6.45) is 2.00. The number of carbonyl (C=O) groups is 1. The van der Waals surface area contributed by atoms with E-state index in [1.165, 1.54) is 0 Å². The fourth-order valence-electron chi connectivity index (χ4n) is 1.12. The number of aliphatic hydroxyl groups excluding tert-OH is 2. The summed E-state index contributed by atoms with van der Waals surface area (Å²) in [6.45, 7) is 0.312. The lowest BCUT2D eigenvalue weighted by molar-refractivity contribution is 0.0697. The molecule has 4 heteroatoms. The molecular weight excluding hydrogens is 208 g/mol. The summed E-state index contributed by atoms with van der Waals surface area (Å²) in [5.41, 5.74) is 0.275. The minimum atomic E-state index is -0.879. The van der Waals surface area contributed by atoms with Crippen LogP contribution in [0.2, 0.25) is 0 Å². The monoisotopic (exact) mass is 224 g/mol. The molecule has 1 aromatic carbocycles. The summed E-state index contributed by atoms with van der Waals surface area (Å²) in [4.78, 5) is 10.2. The van der Waals surface area contributed by atoms with Crippen molar-refractivity contribution in [3.05, 3.63) is 35.9 Å². The van der Waals surface area contributed by atoms with Crippen LogP contribution in [0.3, 0.4) is 0 Å². The minimum Gasteiger partial charge on any atom is -0.478 e. The Labute approximate surface area is 94.2 Å². The Hall–Kier alpha value is -1.39. The fourth-order valence-corrected chi connectivity index (χ4v) is 1.12. The third-order valence-corrected chi connectivity index (χ3v) is 2.65. The van der Waals surface area contributed by atoms with Crippen molar-refractivity contribution in [2.45, 2.75) is 12.8 Å². The highest BCUT2D eigenvalue weighted by Crippen LogP contribution is 2.44. The maximum absolute atomic E-state index is 10.2. The van der Waals surface area contributed by atoms with Gasteiger partial charge >= 0.3 is 5.97 Å². The van der Waals surface area contributed by atoms with Gasteiger partial charge in [0.15, 0.2) is 0 Å². The second kappa shape index (κ2) is 5.63. The third kappa shape index (κ3) is 3.64. The van der Waals surface area contributed by atoms with Crippen LogP contribution in [-0.4, -0.2) is 34.5 Å². The van der Waals surface area contributed by atoms with Crippen LogP contribution in [0, 0.1) is 5.41 Å². The van der Waals surface area contributed by atoms with Crippen LogP contribution in [0.25, 0.3) is 0 Å². The maximum atomic E-state index is 10.2. The van der Waals surface area contributed by atoms with Gasteiger partial charge in [-0.1, -0.05) is 18.2 Å². The molecule has 1 saturated carbocycles. The standard InChI is InChI=1S/C7H6O2.C5H10O2/c8-7(9)6-4-2-1-3-5-6;6-3-5(4-7)1-2-5/h1-5H,(H,8,9);6-7H,1-4H2.